The van der Waals surface area contributed by atoms with Crippen molar-refractivity contribution in [1.82, 2.24) is 4.31 Å². The van der Waals surface area contributed by atoms with Crippen molar-refractivity contribution in [3.63, 3.8) is 0 Å². The van der Waals surface area contributed by atoms with Gasteiger partial charge < -0.3 is 9.47 Å². The van der Waals surface area contributed by atoms with Crippen LogP contribution in [-0.2, 0) is 27.6 Å². The van der Waals surface area contributed by atoms with Gasteiger partial charge in [-0.25, -0.2) is 8.51 Å². The second kappa shape index (κ2) is 9.83. The summed E-state index contributed by atoms with van der Waals surface area (Å²) in [6.45, 7) is 8.50. The molecule has 0 bridgehead atoms. The van der Waals surface area contributed by atoms with Gasteiger partial charge in [0.2, 0.25) is 6.79 Å². The monoisotopic (exact) mass is 503 g/mol. The Morgan fingerprint density at radius 3 is 2.25 bits per heavy atom. The fraction of sp³-hybridized carbons (Fsp3) is 0.367. The number of ether oxygens (including phenoxy) is 2. The van der Waals surface area contributed by atoms with E-state index in [-0.39, 0.29) is 24.7 Å². The molecule has 6 heteroatoms. The third-order valence-electron chi connectivity index (χ3n) is 7.10. The number of ketones is 1. The van der Waals surface area contributed by atoms with Crippen molar-refractivity contribution < 1.29 is 18.5 Å². The SMILES string of the molecule is CC(C)N(C(C)C)S(=O)c1ccc(-c2cccc(CC(=O)C3(c4ccc5c(c4)OCO5)CC3)c2)cc1. The van der Waals surface area contributed by atoms with Crippen molar-refractivity contribution in [2.45, 2.75) is 69.4 Å². The van der Waals surface area contributed by atoms with Crippen LogP contribution < -0.4 is 9.47 Å². The second-order valence-corrected chi connectivity index (χ2v) is 11.7. The molecule has 1 atom stereocenters. The molecule has 5 rings (SSSR count). The molecular weight excluding hydrogens is 470 g/mol. The summed E-state index contributed by atoms with van der Waals surface area (Å²) in [4.78, 5) is 14.2. The van der Waals surface area contributed by atoms with Gasteiger partial charge in [-0.05, 0) is 87.1 Å². The first-order valence-corrected chi connectivity index (χ1v) is 13.7. The lowest BCUT2D eigenvalue weighted by molar-refractivity contribution is -0.120. The minimum atomic E-state index is -1.21. The molecular formula is C30H33NO4S. The standard InChI is InChI=1S/C30H33NO4S/c1-20(2)31(21(3)4)36(33)26-11-8-23(9-12-26)24-7-5-6-22(16-24)17-29(32)30(14-15-30)25-10-13-27-28(18-25)35-19-34-27/h5-13,16,18,20-21H,14-15,17,19H2,1-4H3. The quantitative estimate of drug-likeness (QED) is 0.356. The minimum Gasteiger partial charge on any atom is -0.454 e. The van der Waals surface area contributed by atoms with Crippen LogP contribution in [-0.4, -0.2) is 33.2 Å². The number of carbonyl (C=O) groups is 1. The van der Waals surface area contributed by atoms with Crippen molar-refractivity contribution >= 4 is 16.8 Å². The first-order valence-electron chi connectivity index (χ1n) is 12.6. The minimum absolute atomic E-state index is 0.187. The zero-order valence-electron chi connectivity index (χ0n) is 21.3. The third-order valence-corrected chi connectivity index (χ3v) is 9.00. The van der Waals surface area contributed by atoms with E-state index < -0.39 is 16.4 Å². The number of fused-ring (bicyclic) bond motifs is 1. The van der Waals surface area contributed by atoms with Crippen LogP contribution in [0.1, 0.15) is 51.7 Å². The molecule has 0 N–H and O–H groups in total. The molecule has 1 unspecified atom stereocenters. The van der Waals surface area contributed by atoms with Crippen LogP contribution in [0.4, 0.5) is 0 Å². The number of hydrogen-bond acceptors (Lipinski definition) is 4. The van der Waals surface area contributed by atoms with Gasteiger partial charge in [-0.3, -0.25) is 4.79 Å². The van der Waals surface area contributed by atoms with E-state index in [1.807, 2.05) is 58.9 Å². The molecule has 3 aromatic rings. The Bertz CT molecular complexity index is 1290. The van der Waals surface area contributed by atoms with E-state index in [9.17, 15) is 9.00 Å². The molecule has 0 spiro atoms. The lowest BCUT2D eigenvalue weighted by atomic mass is 9.87. The van der Waals surface area contributed by atoms with Crippen LogP contribution >= 0.6 is 0 Å². The molecule has 1 aliphatic carbocycles. The fourth-order valence-electron chi connectivity index (χ4n) is 5.13. The van der Waals surface area contributed by atoms with Gasteiger partial charge in [-0.2, -0.15) is 0 Å². The van der Waals surface area contributed by atoms with Crippen LogP contribution in [0.15, 0.2) is 71.6 Å². The van der Waals surface area contributed by atoms with Crippen molar-refractivity contribution in [1.29, 1.82) is 0 Å². The molecule has 3 aromatic carbocycles. The Balaban J connectivity index is 1.31. The number of Topliss-reactive ketones (excluding diaryl/α,β-unsaturated/α-hetero) is 1. The van der Waals surface area contributed by atoms with Crippen molar-refractivity contribution in [2.24, 2.45) is 0 Å². The molecule has 1 aliphatic heterocycles. The van der Waals surface area contributed by atoms with Gasteiger partial charge in [0.1, 0.15) is 16.8 Å². The number of rotatable bonds is 9. The summed E-state index contributed by atoms with van der Waals surface area (Å²) in [5, 5.41) is 0. The van der Waals surface area contributed by atoms with Crippen molar-refractivity contribution in [3.05, 3.63) is 77.9 Å². The van der Waals surface area contributed by atoms with Crippen molar-refractivity contribution in [2.75, 3.05) is 6.79 Å². The molecule has 0 amide bonds. The molecule has 36 heavy (non-hydrogen) atoms. The highest BCUT2D eigenvalue weighted by Gasteiger charge is 2.50. The van der Waals surface area contributed by atoms with Crippen LogP contribution in [0.3, 0.4) is 0 Å². The van der Waals surface area contributed by atoms with E-state index in [1.165, 1.54) is 0 Å². The summed E-state index contributed by atoms with van der Waals surface area (Å²) in [5.41, 5.74) is 3.70. The average molecular weight is 504 g/mol. The van der Waals surface area contributed by atoms with E-state index in [4.69, 9.17) is 9.47 Å². The normalized spacial score (nSPS) is 16.5. The van der Waals surface area contributed by atoms with Gasteiger partial charge in [0.15, 0.2) is 11.5 Å². The fourth-order valence-corrected chi connectivity index (χ4v) is 6.51. The summed E-state index contributed by atoms with van der Waals surface area (Å²) in [5.74, 6) is 1.71. The lowest BCUT2D eigenvalue weighted by Gasteiger charge is -2.28. The highest BCUT2D eigenvalue weighted by molar-refractivity contribution is 7.82. The summed E-state index contributed by atoms with van der Waals surface area (Å²) in [7, 11) is -1.21. The van der Waals surface area contributed by atoms with Gasteiger partial charge in [0.25, 0.3) is 0 Å². The number of nitrogens with zero attached hydrogens (tertiary/aromatic N) is 1. The maximum Gasteiger partial charge on any atom is 0.231 e. The van der Waals surface area contributed by atoms with Crippen LogP contribution in [0.25, 0.3) is 11.1 Å². The maximum atomic E-state index is 13.4. The Hall–Kier alpha value is -2.96. The smallest absolute Gasteiger partial charge is 0.231 e. The van der Waals surface area contributed by atoms with E-state index in [1.54, 1.807) is 0 Å². The Kier molecular flexibility index (Phi) is 6.75. The molecule has 0 aromatic heterocycles. The molecule has 1 saturated carbocycles. The van der Waals surface area contributed by atoms with Crippen LogP contribution in [0, 0.1) is 0 Å². The largest absolute Gasteiger partial charge is 0.454 e. The zero-order chi connectivity index (χ0) is 25.4. The van der Waals surface area contributed by atoms with Crippen LogP contribution in [0.5, 0.6) is 11.5 Å². The van der Waals surface area contributed by atoms with E-state index in [0.29, 0.717) is 6.42 Å². The van der Waals surface area contributed by atoms with E-state index in [2.05, 4.69) is 39.8 Å². The molecule has 0 saturated heterocycles. The van der Waals surface area contributed by atoms with Gasteiger partial charge in [0.05, 0.1) is 10.3 Å². The summed E-state index contributed by atoms with van der Waals surface area (Å²) < 4.78 is 26.1. The molecule has 1 heterocycles. The molecule has 0 radical (unpaired) electrons. The maximum absolute atomic E-state index is 13.4. The summed E-state index contributed by atoms with van der Waals surface area (Å²) >= 11 is 0. The van der Waals surface area contributed by atoms with Gasteiger partial charge in [-0.1, -0.05) is 42.5 Å². The predicted octanol–water partition coefficient (Wildman–Crippen LogP) is 6.07. The number of hydrogen-bond donors (Lipinski definition) is 0. The molecule has 2 aliphatic rings. The first kappa shape index (κ1) is 24.7. The topological polar surface area (TPSA) is 55.8 Å². The predicted molar refractivity (Wildman–Crippen MR) is 143 cm³/mol. The Morgan fingerprint density at radius 1 is 0.889 bits per heavy atom. The van der Waals surface area contributed by atoms with Gasteiger partial charge in [0, 0.05) is 18.5 Å². The highest BCUT2D eigenvalue weighted by atomic mass is 32.2. The van der Waals surface area contributed by atoms with Gasteiger partial charge in [-0.15, -0.1) is 0 Å². The van der Waals surface area contributed by atoms with Crippen LogP contribution in [0.2, 0.25) is 0 Å². The van der Waals surface area contributed by atoms with Crippen molar-refractivity contribution in [3.8, 4) is 22.6 Å². The summed E-state index contributed by atoms with van der Waals surface area (Å²) in [6.07, 6.45) is 2.13. The molecule has 1 fully saturated rings. The zero-order valence-corrected chi connectivity index (χ0v) is 22.1. The number of benzene rings is 3. The molecule has 188 valence electrons. The number of carbonyl (C=O) groups excluding carboxylic acids is 1. The Morgan fingerprint density at radius 2 is 1.58 bits per heavy atom. The van der Waals surface area contributed by atoms with Gasteiger partial charge >= 0.3 is 0 Å². The second-order valence-electron chi connectivity index (χ2n) is 10.3. The summed E-state index contributed by atoms with van der Waals surface area (Å²) in [6, 6.07) is 22.3. The Labute approximate surface area is 216 Å². The highest BCUT2D eigenvalue weighted by Crippen LogP contribution is 2.51. The third kappa shape index (κ3) is 4.72. The lowest BCUT2D eigenvalue weighted by Crippen LogP contribution is -2.38. The average Bonchev–Trinajstić information content (AvgIpc) is 3.54. The molecule has 5 nitrogen and oxygen atoms in total. The van der Waals surface area contributed by atoms with E-state index >= 15 is 0 Å². The van der Waals surface area contributed by atoms with E-state index in [0.717, 1.165) is 51.5 Å². The first-order chi connectivity index (χ1) is 17.3.